The fourth-order valence-electron chi connectivity index (χ4n) is 2.63. The zero-order chi connectivity index (χ0) is 21.2. The molecule has 29 heavy (non-hydrogen) atoms. The van der Waals surface area contributed by atoms with Crippen LogP contribution in [0, 0.1) is 0 Å². The Labute approximate surface area is 173 Å². The molecule has 0 aliphatic heterocycles. The summed E-state index contributed by atoms with van der Waals surface area (Å²) < 4.78 is 11.1. The van der Waals surface area contributed by atoms with Crippen molar-refractivity contribution in [3.05, 3.63) is 65.7 Å². The van der Waals surface area contributed by atoms with Crippen molar-refractivity contribution in [2.75, 3.05) is 19.0 Å². The molecule has 0 saturated heterocycles. The first-order chi connectivity index (χ1) is 13.9. The number of benzene rings is 2. The number of anilines is 1. The first-order valence-electron chi connectivity index (χ1n) is 9.68. The third kappa shape index (κ3) is 7.87. The fraction of sp³-hybridized carbons (Fsp3) is 0.348. The lowest BCUT2D eigenvalue weighted by Gasteiger charge is -2.13. The number of methoxy groups -OCH3 is 1. The van der Waals surface area contributed by atoms with Crippen LogP contribution in [0.1, 0.15) is 31.9 Å². The van der Waals surface area contributed by atoms with Gasteiger partial charge in [-0.1, -0.05) is 24.8 Å². The smallest absolute Gasteiger partial charge is 0.319 e. The third-order valence-electron chi connectivity index (χ3n) is 3.99. The summed E-state index contributed by atoms with van der Waals surface area (Å²) >= 11 is 0. The van der Waals surface area contributed by atoms with Crippen LogP contribution >= 0.6 is 0 Å². The normalized spacial score (nSPS) is 10.5. The molecule has 6 heteroatoms. The molecule has 2 rings (SSSR count). The molecule has 2 amide bonds. The second-order valence-electron chi connectivity index (χ2n) is 7.28. The zero-order valence-electron chi connectivity index (χ0n) is 17.7. The fourth-order valence-corrected chi connectivity index (χ4v) is 2.63. The van der Waals surface area contributed by atoms with Gasteiger partial charge in [-0.15, -0.1) is 0 Å². The van der Waals surface area contributed by atoms with Gasteiger partial charge in [-0.2, -0.15) is 0 Å². The van der Waals surface area contributed by atoms with E-state index in [9.17, 15) is 4.79 Å². The molecule has 0 aliphatic carbocycles. The molecule has 0 unspecified atom stereocenters. The van der Waals surface area contributed by atoms with E-state index in [1.165, 1.54) is 0 Å². The summed E-state index contributed by atoms with van der Waals surface area (Å²) in [4.78, 5) is 11.7. The van der Waals surface area contributed by atoms with Crippen LogP contribution in [0.25, 0.3) is 0 Å². The van der Waals surface area contributed by atoms with Crippen LogP contribution in [-0.4, -0.2) is 25.8 Å². The Morgan fingerprint density at radius 2 is 1.69 bits per heavy atom. The Morgan fingerprint density at radius 1 is 1.03 bits per heavy atom. The number of nitrogens with one attached hydrogen (secondary N) is 3. The SMILES string of the molecule is C=C(C)COc1cc(CNCc2ccc(NC(=O)NC(C)C)cc2)ccc1OC. The predicted octanol–water partition coefficient (Wildman–Crippen LogP) is 4.47. The maximum absolute atomic E-state index is 11.7. The molecule has 0 atom stereocenters. The van der Waals surface area contributed by atoms with Crippen LogP contribution in [0.4, 0.5) is 10.5 Å². The molecule has 0 spiro atoms. The van der Waals surface area contributed by atoms with E-state index in [0.29, 0.717) is 31.2 Å². The van der Waals surface area contributed by atoms with Gasteiger partial charge in [0.2, 0.25) is 0 Å². The van der Waals surface area contributed by atoms with Gasteiger partial charge in [0.15, 0.2) is 11.5 Å². The molecule has 6 nitrogen and oxygen atoms in total. The van der Waals surface area contributed by atoms with Gasteiger partial charge in [-0.05, 0) is 61.7 Å². The van der Waals surface area contributed by atoms with Gasteiger partial charge in [0.25, 0.3) is 0 Å². The number of rotatable bonds is 10. The first-order valence-corrected chi connectivity index (χ1v) is 9.68. The number of carbonyl (C=O) groups is 1. The third-order valence-corrected chi connectivity index (χ3v) is 3.99. The topological polar surface area (TPSA) is 71.6 Å². The number of ether oxygens (including phenoxy) is 2. The second-order valence-corrected chi connectivity index (χ2v) is 7.28. The minimum absolute atomic E-state index is 0.100. The van der Waals surface area contributed by atoms with Gasteiger partial charge in [0.05, 0.1) is 7.11 Å². The second kappa shape index (κ2) is 11.1. The molecule has 2 aromatic rings. The maximum atomic E-state index is 11.7. The summed E-state index contributed by atoms with van der Waals surface area (Å²) in [5.74, 6) is 1.42. The number of hydrogen-bond donors (Lipinski definition) is 3. The van der Waals surface area contributed by atoms with Crippen molar-refractivity contribution >= 4 is 11.7 Å². The molecule has 0 radical (unpaired) electrons. The highest BCUT2D eigenvalue weighted by atomic mass is 16.5. The van der Waals surface area contributed by atoms with Gasteiger partial charge >= 0.3 is 6.03 Å². The van der Waals surface area contributed by atoms with Crippen molar-refractivity contribution < 1.29 is 14.3 Å². The summed E-state index contributed by atoms with van der Waals surface area (Å²) in [7, 11) is 1.63. The lowest BCUT2D eigenvalue weighted by molar-refractivity contribution is 0.250. The number of urea groups is 1. The molecular formula is C23H31N3O3. The average molecular weight is 398 g/mol. The molecule has 3 N–H and O–H groups in total. The van der Waals surface area contributed by atoms with Crippen molar-refractivity contribution in [3.63, 3.8) is 0 Å². The molecule has 156 valence electrons. The maximum Gasteiger partial charge on any atom is 0.319 e. The van der Waals surface area contributed by atoms with E-state index in [2.05, 4.69) is 22.5 Å². The molecule has 2 aromatic carbocycles. The summed E-state index contributed by atoms with van der Waals surface area (Å²) in [5.41, 5.74) is 3.95. The van der Waals surface area contributed by atoms with E-state index in [4.69, 9.17) is 9.47 Å². The highest BCUT2D eigenvalue weighted by Crippen LogP contribution is 2.28. The largest absolute Gasteiger partial charge is 0.493 e. The van der Waals surface area contributed by atoms with Crippen LogP contribution < -0.4 is 25.4 Å². The monoisotopic (exact) mass is 397 g/mol. The molecule has 0 bridgehead atoms. The molecular weight excluding hydrogens is 366 g/mol. The quantitative estimate of drug-likeness (QED) is 0.517. The van der Waals surface area contributed by atoms with Crippen molar-refractivity contribution in [2.24, 2.45) is 0 Å². The van der Waals surface area contributed by atoms with E-state index < -0.39 is 0 Å². The minimum Gasteiger partial charge on any atom is -0.493 e. The van der Waals surface area contributed by atoms with Crippen LogP contribution in [0.5, 0.6) is 11.5 Å². The number of carbonyl (C=O) groups excluding carboxylic acids is 1. The van der Waals surface area contributed by atoms with Crippen LogP contribution in [0.15, 0.2) is 54.6 Å². The van der Waals surface area contributed by atoms with Gasteiger partial charge in [0.1, 0.15) is 6.61 Å². The predicted molar refractivity (Wildman–Crippen MR) is 118 cm³/mol. The van der Waals surface area contributed by atoms with Crippen molar-refractivity contribution in [3.8, 4) is 11.5 Å². The van der Waals surface area contributed by atoms with Gasteiger partial charge in [-0.25, -0.2) is 4.79 Å². The van der Waals surface area contributed by atoms with Crippen molar-refractivity contribution in [2.45, 2.75) is 39.9 Å². The average Bonchev–Trinajstić information content (AvgIpc) is 2.67. The van der Waals surface area contributed by atoms with Crippen LogP contribution in [0.3, 0.4) is 0 Å². The Hall–Kier alpha value is -2.99. The standard InChI is InChI=1S/C23H31N3O3/c1-16(2)15-29-22-12-19(8-11-21(22)28-5)14-24-13-18-6-9-20(10-7-18)26-23(27)25-17(3)4/h6-12,17,24H,1,13-15H2,2-5H3,(H2,25,26,27). The Morgan fingerprint density at radius 3 is 2.31 bits per heavy atom. The molecule has 0 saturated carbocycles. The van der Waals surface area contributed by atoms with Gasteiger partial charge in [0, 0.05) is 24.8 Å². The van der Waals surface area contributed by atoms with E-state index in [1.54, 1.807) is 7.11 Å². The zero-order valence-corrected chi connectivity index (χ0v) is 17.7. The van der Waals surface area contributed by atoms with E-state index >= 15 is 0 Å². The summed E-state index contributed by atoms with van der Waals surface area (Å²) in [6.45, 7) is 11.5. The first kappa shape index (κ1) is 22.3. The lowest BCUT2D eigenvalue weighted by Crippen LogP contribution is -2.34. The minimum atomic E-state index is -0.199. The summed E-state index contributed by atoms with van der Waals surface area (Å²) in [6.07, 6.45) is 0. The van der Waals surface area contributed by atoms with E-state index in [0.717, 1.165) is 22.4 Å². The Bertz CT molecular complexity index is 817. The summed E-state index contributed by atoms with van der Waals surface area (Å²) in [6, 6.07) is 13.6. The Balaban J connectivity index is 1.87. The molecule has 0 heterocycles. The highest BCUT2D eigenvalue weighted by molar-refractivity contribution is 5.89. The lowest BCUT2D eigenvalue weighted by atomic mass is 10.1. The number of hydrogen-bond acceptors (Lipinski definition) is 4. The van der Waals surface area contributed by atoms with Crippen molar-refractivity contribution in [1.29, 1.82) is 0 Å². The van der Waals surface area contributed by atoms with Crippen LogP contribution in [-0.2, 0) is 13.1 Å². The molecule has 0 aliphatic rings. The van der Waals surface area contributed by atoms with Gasteiger partial charge < -0.3 is 25.4 Å². The van der Waals surface area contributed by atoms with Crippen molar-refractivity contribution in [1.82, 2.24) is 10.6 Å². The molecule has 0 fully saturated rings. The number of amides is 2. The van der Waals surface area contributed by atoms with E-state index in [-0.39, 0.29) is 12.1 Å². The Kier molecular flexibility index (Phi) is 8.55. The van der Waals surface area contributed by atoms with Gasteiger partial charge in [-0.3, -0.25) is 0 Å². The van der Waals surface area contributed by atoms with E-state index in [1.807, 2.05) is 63.2 Å². The summed E-state index contributed by atoms with van der Waals surface area (Å²) in [5, 5.41) is 9.04. The molecule has 0 aromatic heterocycles. The van der Waals surface area contributed by atoms with Crippen LogP contribution in [0.2, 0.25) is 0 Å². The highest BCUT2D eigenvalue weighted by Gasteiger charge is 2.07.